The van der Waals surface area contributed by atoms with Gasteiger partial charge in [0.15, 0.2) is 0 Å². The molecule has 7 nitrogen and oxygen atoms in total. The Morgan fingerprint density at radius 2 is 1.80 bits per heavy atom. The van der Waals surface area contributed by atoms with Gasteiger partial charge in [-0.2, -0.15) is 0 Å². The molecule has 3 aromatic rings. The molecule has 0 saturated heterocycles. The van der Waals surface area contributed by atoms with Crippen molar-refractivity contribution in [2.45, 2.75) is 51.9 Å². The van der Waals surface area contributed by atoms with Crippen molar-refractivity contribution >= 4 is 11.7 Å². The van der Waals surface area contributed by atoms with Crippen LogP contribution >= 0.6 is 0 Å². The third-order valence-corrected chi connectivity index (χ3v) is 6.74. The molecule has 0 radical (unpaired) electrons. The van der Waals surface area contributed by atoms with Gasteiger partial charge >= 0.3 is 0 Å². The van der Waals surface area contributed by atoms with E-state index in [1.165, 1.54) is 23.9 Å². The average molecular weight is 479 g/mol. The molecule has 1 spiro atoms. The number of anilines is 1. The minimum atomic E-state index is -0.429. The Labute approximate surface area is 205 Å². The summed E-state index contributed by atoms with van der Waals surface area (Å²) in [6.45, 7) is 4.00. The van der Waals surface area contributed by atoms with Crippen molar-refractivity contribution in [1.82, 2.24) is 15.0 Å². The summed E-state index contributed by atoms with van der Waals surface area (Å²) in [4.78, 5) is 25.4. The number of hydrogen-bond donors (Lipinski definition) is 1. The number of nitrogens with one attached hydrogen (secondary N) is 1. The van der Waals surface area contributed by atoms with Crippen LogP contribution in [0.4, 0.5) is 10.2 Å². The number of halogens is 1. The number of pyridine rings is 3. The summed E-state index contributed by atoms with van der Waals surface area (Å²) in [7, 11) is 1.61. The first-order valence-electron chi connectivity index (χ1n) is 12.1. The number of carbonyl (C=O) groups is 1. The molecule has 2 saturated carbocycles. The monoisotopic (exact) mass is 478 g/mol. The Balaban J connectivity index is 0.00000141. The summed E-state index contributed by atoms with van der Waals surface area (Å²) in [6, 6.07) is 10.1. The van der Waals surface area contributed by atoms with Crippen LogP contribution in [-0.2, 0) is 4.79 Å². The maximum absolute atomic E-state index is 13.0. The molecule has 5 rings (SSSR count). The highest BCUT2D eigenvalue weighted by Gasteiger charge is 2.59. The minimum absolute atomic E-state index is 0.00708. The van der Waals surface area contributed by atoms with E-state index in [4.69, 9.17) is 9.47 Å². The van der Waals surface area contributed by atoms with Crippen molar-refractivity contribution in [3.05, 3.63) is 66.4 Å². The summed E-state index contributed by atoms with van der Waals surface area (Å²) in [5.41, 5.74) is 1.29. The fourth-order valence-electron chi connectivity index (χ4n) is 4.93. The molecule has 3 atom stereocenters. The number of rotatable bonds is 6. The fourth-order valence-corrected chi connectivity index (χ4v) is 4.93. The predicted molar refractivity (Wildman–Crippen MR) is 131 cm³/mol. The summed E-state index contributed by atoms with van der Waals surface area (Å²) in [6.07, 6.45) is 9.73. The molecule has 1 amide bonds. The SMILES string of the molecule is CC.COc1ccc(C2CCCC3(C2)CC3C(=O)Nc2ccc(Oc3ccc(F)cn3)cn2)cn1. The van der Waals surface area contributed by atoms with Gasteiger partial charge in [0.2, 0.25) is 17.7 Å². The molecule has 3 heterocycles. The van der Waals surface area contributed by atoms with E-state index in [0.717, 1.165) is 38.3 Å². The summed E-state index contributed by atoms with van der Waals surface area (Å²) in [5.74, 6) is 1.84. The number of carbonyl (C=O) groups excluding carboxylic acids is 1. The third kappa shape index (κ3) is 5.75. The number of aromatic nitrogens is 3. The second kappa shape index (κ2) is 10.8. The van der Waals surface area contributed by atoms with E-state index >= 15 is 0 Å². The molecule has 184 valence electrons. The lowest BCUT2D eigenvalue weighted by Gasteiger charge is -2.30. The van der Waals surface area contributed by atoms with Crippen LogP contribution in [0.3, 0.4) is 0 Å². The lowest BCUT2D eigenvalue weighted by atomic mass is 9.75. The van der Waals surface area contributed by atoms with Gasteiger partial charge in [0.1, 0.15) is 17.4 Å². The minimum Gasteiger partial charge on any atom is -0.481 e. The van der Waals surface area contributed by atoms with Gasteiger partial charge in [-0.25, -0.2) is 19.3 Å². The van der Waals surface area contributed by atoms with Crippen LogP contribution in [0.2, 0.25) is 0 Å². The second-order valence-electron chi connectivity index (χ2n) is 8.83. The van der Waals surface area contributed by atoms with Gasteiger partial charge in [-0.15, -0.1) is 0 Å². The predicted octanol–water partition coefficient (Wildman–Crippen LogP) is 6.14. The molecular weight excluding hydrogens is 447 g/mol. The second-order valence-corrected chi connectivity index (χ2v) is 8.83. The highest BCUT2D eigenvalue weighted by atomic mass is 19.1. The van der Waals surface area contributed by atoms with Crippen LogP contribution < -0.4 is 14.8 Å². The Morgan fingerprint density at radius 3 is 2.46 bits per heavy atom. The normalized spacial score (nSPS) is 22.5. The molecule has 3 unspecified atom stereocenters. The Bertz CT molecular complexity index is 1120. The van der Waals surface area contributed by atoms with Crippen molar-refractivity contribution < 1.29 is 18.7 Å². The van der Waals surface area contributed by atoms with Crippen LogP contribution in [0, 0.1) is 17.2 Å². The molecule has 1 N–H and O–H groups in total. The van der Waals surface area contributed by atoms with Gasteiger partial charge in [0, 0.05) is 24.2 Å². The van der Waals surface area contributed by atoms with Gasteiger partial charge in [0.05, 0.1) is 19.5 Å². The Kier molecular flexibility index (Phi) is 7.58. The molecule has 35 heavy (non-hydrogen) atoms. The van der Waals surface area contributed by atoms with Gasteiger partial charge in [-0.1, -0.05) is 26.3 Å². The topological polar surface area (TPSA) is 86.2 Å². The summed E-state index contributed by atoms with van der Waals surface area (Å²) >= 11 is 0. The van der Waals surface area contributed by atoms with E-state index in [-0.39, 0.29) is 23.1 Å². The molecular formula is C27H31FN4O3. The van der Waals surface area contributed by atoms with Crippen LogP contribution in [-0.4, -0.2) is 28.0 Å². The van der Waals surface area contributed by atoms with Crippen LogP contribution in [0.25, 0.3) is 0 Å². The molecule has 3 aromatic heterocycles. The zero-order valence-electron chi connectivity index (χ0n) is 20.3. The Morgan fingerprint density at radius 1 is 1.00 bits per heavy atom. The quantitative estimate of drug-likeness (QED) is 0.458. The number of methoxy groups -OCH3 is 1. The molecule has 0 aliphatic heterocycles. The van der Waals surface area contributed by atoms with Crippen molar-refractivity contribution in [3.8, 4) is 17.5 Å². The molecule has 2 aliphatic carbocycles. The van der Waals surface area contributed by atoms with Crippen molar-refractivity contribution in [3.63, 3.8) is 0 Å². The molecule has 8 heteroatoms. The smallest absolute Gasteiger partial charge is 0.229 e. The van der Waals surface area contributed by atoms with Crippen LogP contribution in [0.1, 0.15) is 57.4 Å². The average Bonchev–Trinajstić information content (AvgIpc) is 3.60. The number of nitrogens with zero attached hydrogens (tertiary/aromatic N) is 3. The number of amides is 1. The van der Waals surface area contributed by atoms with Crippen molar-refractivity contribution in [2.24, 2.45) is 11.3 Å². The van der Waals surface area contributed by atoms with E-state index < -0.39 is 5.82 Å². The zero-order chi connectivity index (χ0) is 24.8. The first-order valence-corrected chi connectivity index (χ1v) is 12.1. The Hall–Kier alpha value is -3.55. The highest BCUT2D eigenvalue weighted by molar-refractivity contribution is 5.94. The lowest BCUT2D eigenvalue weighted by molar-refractivity contribution is -0.118. The van der Waals surface area contributed by atoms with Crippen LogP contribution in [0.15, 0.2) is 55.0 Å². The van der Waals surface area contributed by atoms with Gasteiger partial charge in [-0.3, -0.25) is 4.79 Å². The standard InChI is InChI=1S/C25H25FN4O3.C2H6/c1-32-22-8-4-17(13-28-22)16-3-2-10-25(11-16)12-20(25)24(31)30-21-7-6-19(15-27-21)33-23-9-5-18(26)14-29-23;1-2/h4-9,13-16,20H,2-3,10-12H2,1H3,(H,27,30,31);1-2H3. The van der Waals surface area contributed by atoms with Gasteiger partial charge in [0.25, 0.3) is 0 Å². The van der Waals surface area contributed by atoms with Crippen molar-refractivity contribution in [1.29, 1.82) is 0 Å². The lowest BCUT2D eigenvalue weighted by Crippen LogP contribution is -2.23. The first-order chi connectivity index (χ1) is 17.0. The summed E-state index contributed by atoms with van der Waals surface area (Å²) in [5, 5.41) is 2.94. The van der Waals surface area contributed by atoms with E-state index in [9.17, 15) is 9.18 Å². The largest absolute Gasteiger partial charge is 0.481 e. The van der Waals surface area contributed by atoms with Crippen molar-refractivity contribution in [2.75, 3.05) is 12.4 Å². The fraction of sp³-hybridized carbons (Fsp3) is 0.407. The maximum atomic E-state index is 13.0. The third-order valence-electron chi connectivity index (χ3n) is 6.74. The zero-order valence-corrected chi connectivity index (χ0v) is 20.3. The number of ether oxygens (including phenoxy) is 2. The van der Waals surface area contributed by atoms with E-state index in [2.05, 4.69) is 26.3 Å². The first kappa shape index (κ1) is 24.6. The molecule has 2 fully saturated rings. The summed E-state index contributed by atoms with van der Waals surface area (Å²) < 4.78 is 23.7. The molecule has 2 aliphatic rings. The molecule has 0 bridgehead atoms. The number of hydrogen-bond acceptors (Lipinski definition) is 6. The highest BCUT2D eigenvalue weighted by Crippen LogP contribution is 2.64. The van der Waals surface area contributed by atoms with E-state index in [1.54, 1.807) is 19.2 Å². The van der Waals surface area contributed by atoms with Gasteiger partial charge < -0.3 is 14.8 Å². The van der Waals surface area contributed by atoms with Crippen LogP contribution in [0.5, 0.6) is 17.5 Å². The van der Waals surface area contributed by atoms with E-state index in [0.29, 0.717) is 23.4 Å². The maximum Gasteiger partial charge on any atom is 0.229 e. The van der Waals surface area contributed by atoms with Gasteiger partial charge in [-0.05, 0) is 60.8 Å². The molecule has 0 aromatic carbocycles. The van der Waals surface area contributed by atoms with E-state index in [1.807, 2.05) is 26.1 Å².